The number of methoxy groups -OCH3 is 1. The lowest BCUT2D eigenvalue weighted by Gasteiger charge is -2.51. The zero-order chi connectivity index (χ0) is 21.2. The quantitative estimate of drug-likeness (QED) is 0.587. The van der Waals surface area contributed by atoms with Gasteiger partial charge in [-0.1, -0.05) is 12.1 Å². The zero-order valence-corrected chi connectivity index (χ0v) is 18.5. The fourth-order valence-corrected chi connectivity index (χ4v) is 6.42. The largest absolute Gasteiger partial charge is 0.497 e. The summed E-state index contributed by atoms with van der Waals surface area (Å²) in [6, 6.07) is 14.0. The van der Waals surface area contributed by atoms with E-state index in [0.717, 1.165) is 48.5 Å². The Morgan fingerprint density at radius 1 is 1.16 bits per heavy atom. The Hall–Kier alpha value is -2.33. The second kappa shape index (κ2) is 7.09. The van der Waals surface area contributed by atoms with Crippen molar-refractivity contribution in [3.63, 3.8) is 0 Å². The van der Waals surface area contributed by atoms with E-state index < -0.39 is 0 Å². The van der Waals surface area contributed by atoms with Crippen molar-refractivity contribution in [2.24, 2.45) is 18.9 Å². The molecule has 1 saturated carbocycles. The molecular weight excluding hydrogens is 387 g/mol. The van der Waals surface area contributed by atoms with Crippen LogP contribution in [0.3, 0.4) is 0 Å². The summed E-state index contributed by atoms with van der Waals surface area (Å²) in [4.78, 5) is 2.71. The third kappa shape index (κ3) is 3.10. The first-order valence-electron chi connectivity index (χ1n) is 11.7. The predicted molar refractivity (Wildman–Crippen MR) is 122 cm³/mol. The minimum absolute atomic E-state index is 0.113. The molecule has 3 nitrogen and oxygen atoms in total. The second-order valence-corrected chi connectivity index (χ2v) is 10.1. The first-order chi connectivity index (χ1) is 15.1. The molecule has 31 heavy (non-hydrogen) atoms. The highest BCUT2D eigenvalue weighted by atomic mass is 19.1. The molecule has 1 aliphatic heterocycles. The van der Waals surface area contributed by atoms with E-state index in [-0.39, 0.29) is 11.2 Å². The lowest BCUT2D eigenvalue weighted by Crippen LogP contribution is -2.54. The Labute approximate surface area is 183 Å². The summed E-state index contributed by atoms with van der Waals surface area (Å²) in [6.07, 6.45) is 6.01. The maximum absolute atomic E-state index is 14.2. The number of likely N-dealkylation sites (tertiary alicyclic amines) is 1. The number of ether oxygens (including phenoxy) is 1. The fraction of sp³-hybridized carbons (Fsp3) is 0.481. The van der Waals surface area contributed by atoms with Gasteiger partial charge in [-0.2, -0.15) is 0 Å². The minimum atomic E-state index is -0.135. The molecule has 2 heterocycles. The third-order valence-electron chi connectivity index (χ3n) is 8.32. The highest BCUT2D eigenvalue weighted by molar-refractivity contribution is 5.86. The Kier molecular flexibility index (Phi) is 4.43. The van der Waals surface area contributed by atoms with Gasteiger partial charge in [0.05, 0.1) is 7.11 Å². The summed E-state index contributed by atoms with van der Waals surface area (Å²) in [7, 11) is 3.91. The summed E-state index contributed by atoms with van der Waals surface area (Å²) in [5.41, 5.74) is 5.43. The molecular formula is C27H31FN2O. The van der Waals surface area contributed by atoms with Gasteiger partial charge < -0.3 is 14.2 Å². The molecule has 6 rings (SSSR count). The van der Waals surface area contributed by atoms with Crippen molar-refractivity contribution >= 4 is 10.9 Å². The van der Waals surface area contributed by atoms with Crippen molar-refractivity contribution in [3.05, 3.63) is 65.1 Å². The SMILES string of the molecule is COc1cccc(C23CCN(CC4CC4)CC2Cc2c(n(C)c4ccc(F)cc24)C3)c1. The van der Waals surface area contributed by atoms with Crippen LogP contribution < -0.4 is 4.74 Å². The Balaban J connectivity index is 1.47. The van der Waals surface area contributed by atoms with Crippen molar-refractivity contribution in [2.75, 3.05) is 26.7 Å². The molecule has 0 bridgehead atoms. The molecule has 2 atom stereocenters. The number of piperidine rings is 1. The van der Waals surface area contributed by atoms with Gasteiger partial charge in [-0.3, -0.25) is 0 Å². The summed E-state index contributed by atoms with van der Waals surface area (Å²) < 4.78 is 22.1. The van der Waals surface area contributed by atoms with E-state index in [9.17, 15) is 4.39 Å². The molecule has 0 N–H and O–H groups in total. The first kappa shape index (κ1) is 19.4. The predicted octanol–water partition coefficient (Wildman–Crippen LogP) is 5.09. The molecule has 2 aliphatic carbocycles. The molecule has 3 aromatic rings. The molecule has 2 unspecified atom stereocenters. The maximum Gasteiger partial charge on any atom is 0.123 e. The van der Waals surface area contributed by atoms with Crippen molar-refractivity contribution in [1.82, 2.24) is 9.47 Å². The molecule has 162 valence electrons. The van der Waals surface area contributed by atoms with Gasteiger partial charge in [0.1, 0.15) is 11.6 Å². The van der Waals surface area contributed by atoms with Crippen LogP contribution in [-0.2, 0) is 25.3 Å². The van der Waals surface area contributed by atoms with Gasteiger partial charge in [0.25, 0.3) is 0 Å². The lowest BCUT2D eigenvalue weighted by atomic mass is 9.58. The van der Waals surface area contributed by atoms with Gasteiger partial charge in [-0.05, 0) is 91.9 Å². The van der Waals surface area contributed by atoms with E-state index in [1.807, 2.05) is 12.1 Å². The summed E-state index contributed by atoms with van der Waals surface area (Å²) >= 11 is 0. The number of aryl methyl sites for hydroxylation is 1. The fourth-order valence-electron chi connectivity index (χ4n) is 6.42. The van der Waals surface area contributed by atoms with Crippen LogP contribution in [0.5, 0.6) is 5.75 Å². The number of hydrogen-bond acceptors (Lipinski definition) is 2. The summed E-state index contributed by atoms with van der Waals surface area (Å²) in [6.45, 7) is 3.55. The number of halogens is 1. The van der Waals surface area contributed by atoms with Crippen LogP contribution in [0.1, 0.15) is 36.1 Å². The van der Waals surface area contributed by atoms with E-state index >= 15 is 0 Å². The Morgan fingerprint density at radius 2 is 2.03 bits per heavy atom. The number of benzene rings is 2. The molecule has 4 heteroatoms. The highest BCUT2D eigenvalue weighted by Gasteiger charge is 2.49. The Bertz CT molecular complexity index is 1150. The average molecular weight is 419 g/mol. The number of rotatable bonds is 4. The molecule has 2 aromatic carbocycles. The van der Waals surface area contributed by atoms with Crippen LogP contribution >= 0.6 is 0 Å². The monoisotopic (exact) mass is 418 g/mol. The van der Waals surface area contributed by atoms with Crippen LogP contribution in [0, 0.1) is 17.7 Å². The first-order valence-corrected chi connectivity index (χ1v) is 11.7. The molecule has 3 aliphatic rings. The van der Waals surface area contributed by atoms with Gasteiger partial charge in [-0.25, -0.2) is 4.39 Å². The van der Waals surface area contributed by atoms with Crippen LogP contribution in [0.25, 0.3) is 10.9 Å². The van der Waals surface area contributed by atoms with Gasteiger partial charge in [0.15, 0.2) is 0 Å². The standard InChI is InChI=1S/C27H31FN2O/c1-29-25-9-8-21(28)14-24(25)23-13-20-17-30(16-18-6-7-18)11-10-27(20,15-26(23)29)19-4-3-5-22(12-19)31-2/h3-5,8-9,12,14,18,20H,6-7,10-11,13,15-17H2,1-2H3. The van der Waals surface area contributed by atoms with Crippen LogP contribution in [0.4, 0.5) is 4.39 Å². The van der Waals surface area contributed by atoms with Gasteiger partial charge >= 0.3 is 0 Å². The number of aromatic nitrogens is 1. The molecule has 2 fully saturated rings. The average Bonchev–Trinajstić information content (AvgIpc) is 3.57. The minimum Gasteiger partial charge on any atom is -0.497 e. The normalized spacial score (nSPS) is 26.0. The zero-order valence-electron chi connectivity index (χ0n) is 18.5. The highest BCUT2D eigenvalue weighted by Crippen LogP contribution is 2.50. The van der Waals surface area contributed by atoms with Gasteiger partial charge in [-0.15, -0.1) is 0 Å². The van der Waals surface area contributed by atoms with Gasteiger partial charge in [0.2, 0.25) is 0 Å². The van der Waals surface area contributed by atoms with Gasteiger partial charge in [0, 0.05) is 42.1 Å². The molecule has 0 spiro atoms. The van der Waals surface area contributed by atoms with E-state index in [4.69, 9.17) is 4.74 Å². The van der Waals surface area contributed by atoms with Crippen molar-refractivity contribution < 1.29 is 9.13 Å². The van der Waals surface area contributed by atoms with Crippen LogP contribution in [-0.4, -0.2) is 36.2 Å². The van der Waals surface area contributed by atoms with E-state index in [1.54, 1.807) is 19.2 Å². The molecule has 1 saturated heterocycles. The van der Waals surface area contributed by atoms with Crippen molar-refractivity contribution in [2.45, 2.75) is 37.5 Å². The van der Waals surface area contributed by atoms with E-state index in [2.05, 4.69) is 34.7 Å². The second-order valence-electron chi connectivity index (χ2n) is 10.1. The number of nitrogens with zero attached hydrogens (tertiary/aromatic N) is 2. The van der Waals surface area contributed by atoms with Crippen molar-refractivity contribution in [1.29, 1.82) is 0 Å². The van der Waals surface area contributed by atoms with Crippen molar-refractivity contribution in [3.8, 4) is 5.75 Å². The lowest BCUT2D eigenvalue weighted by molar-refractivity contribution is 0.0775. The molecule has 1 aromatic heterocycles. The Morgan fingerprint density at radius 3 is 2.84 bits per heavy atom. The molecule has 0 amide bonds. The third-order valence-corrected chi connectivity index (χ3v) is 8.32. The van der Waals surface area contributed by atoms with E-state index in [0.29, 0.717) is 5.92 Å². The maximum atomic E-state index is 14.2. The van der Waals surface area contributed by atoms with Crippen LogP contribution in [0.15, 0.2) is 42.5 Å². The number of hydrogen-bond donors (Lipinski definition) is 0. The smallest absolute Gasteiger partial charge is 0.123 e. The molecule has 0 radical (unpaired) electrons. The number of fused-ring (bicyclic) bond motifs is 4. The van der Waals surface area contributed by atoms with E-state index in [1.165, 1.54) is 42.6 Å². The summed E-state index contributed by atoms with van der Waals surface area (Å²) in [5, 5.41) is 1.11. The topological polar surface area (TPSA) is 17.4 Å². The van der Waals surface area contributed by atoms with Crippen LogP contribution in [0.2, 0.25) is 0 Å². The summed E-state index contributed by atoms with van der Waals surface area (Å²) in [5.74, 6) is 2.25.